The Morgan fingerprint density at radius 3 is 2.52 bits per heavy atom. The highest BCUT2D eigenvalue weighted by Gasteiger charge is 2.19. The van der Waals surface area contributed by atoms with Crippen LogP contribution in [0, 0.1) is 0 Å². The van der Waals surface area contributed by atoms with Crippen LogP contribution in [0.3, 0.4) is 0 Å². The molecule has 3 aromatic rings. The van der Waals surface area contributed by atoms with Crippen LogP contribution in [0.1, 0.15) is 31.9 Å². The fraction of sp³-hybridized carbons (Fsp3) is 0.273. The number of nitrogens with one attached hydrogen (secondary N) is 1. The number of carbonyl (C=O) groups is 1. The van der Waals surface area contributed by atoms with Gasteiger partial charge < -0.3 is 10.1 Å². The molecule has 0 radical (unpaired) electrons. The van der Waals surface area contributed by atoms with Gasteiger partial charge in [0.05, 0.1) is 18.4 Å². The SMILES string of the molecule is CC(C)(C)c1ccccc1OCC(=O)Nc1cnn(Cc2ccccc2)c1. The van der Waals surface area contributed by atoms with Crippen molar-refractivity contribution in [3.8, 4) is 5.75 Å². The van der Waals surface area contributed by atoms with E-state index in [0.717, 1.165) is 16.9 Å². The van der Waals surface area contributed by atoms with Crippen molar-refractivity contribution in [3.05, 3.63) is 78.1 Å². The number of anilines is 1. The van der Waals surface area contributed by atoms with Gasteiger partial charge in [-0.1, -0.05) is 69.3 Å². The van der Waals surface area contributed by atoms with E-state index in [9.17, 15) is 4.79 Å². The Labute approximate surface area is 160 Å². The van der Waals surface area contributed by atoms with Gasteiger partial charge in [0.1, 0.15) is 5.75 Å². The molecule has 0 saturated heterocycles. The van der Waals surface area contributed by atoms with Gasteiger partial charge in [0.2, 0.25) is 0 Å². The summed E-state index contributed by atoms with van der Waals surface area (Å²) in [7, 11) is 0. The zero-order valence-electron chi connectivity index (χ0n) is 16.0. The summed E-state index contributed by atoms with van der Waals surface area (Å²) in [5.41, 5.74) is 2.84. The third-order valence-electron chi connectivity index (χ3n) is 4.16. The summed E-state index contributed by atoms with van der Waals surface area (Å²) in [6, 6.07) is 17.9. The average molecular weight is 363 g/mol. The third-order valence-corrected chi connectivity index (χ3v) is 4.16. The number of hydrogen-bond donors (Lipinski definition) is 1. The lowest BCUT2D eigenvalue weighted by Crippen LogP contribution is -2.21. The van der Waals surface area contributed by atoms with Crippen molar-refractivity contribution in [3.63, 3.8) is 0 Å². The first-order valence-corrected chi connectivity index (χ1v) is 9.00. The van der Waals surface area contributed by atoms with E-state index in [0.29, 0.717) is 12.2 Å². The molecular formula is C22H25N3O2. The Morgan fingerprint density at radius 2 is 1.78 bits per heavy atom. The number of para-hydroxylation sites is 1. The Morgan fingerprint density at radius 1 is 1.07 bits per heavy atom. The number of ether oxygens (including phenoxy) is 1. The maximum Gasteiger partial charge on any atom is 0.262 e. The molecule has 1 N–H and O–H groups in total. The van der Waals surface area contributed by atoms with Gasteiger partial charge in [0.25, 0.3) is 5.91 Å². The molecule has 0 spiro atoms. The van der Waals surface area contributed by atoms with Crippen LogP contribution in [-0.4, -0.2) is 22.3 Å². The minimum Gasteiger partial charge on any atom is -0.483 e. The second-order valence-electron chi connectivity index (χ2n) is 7.50. The Balaban J connectivity index is 1.56. The van der Waals surface area contributed by atoms with Gasteiger partial charge in [-0.25, -0.2) is 0 Å². The van der Waals surface area contributed by atoms with E-state index in [2.05, 4.69) is 31.2 Å². The van der Waals surface area contributed by atoms with Crippen LogP contribution in [0.25, 0.3) is 0 Å². The van der Waals surface area contributed by atoms with Crippen LogP contribution in [0.4, 0.5) is 5.69 Å². The molecule has 0 fully saturated rings. The fourth-order valence-corrected chi connectivity index (χ4v) is 2.84. The minimum absolute atomic E-state index is 0.0447. The van der Waals surface area contributed by atoms with Crippen LogP contribution in [0.2, 0.25) is 0 Å². The number of benzene rings is 2. The predicted molar refractivity (Wildman–Crippen MR) is 107 cm³/mol. The first-order valence-electron chi connectivity index (χ1n) is 9.00. The van der Waals surface area contributed by atoms with Crippen LogP contribution < -0.4 is 10.1 Å². The largest absolute Gasteiger partial charge is 0.483 e. The molecule has 5 heteroatoms. The molecule has 27 heavy (non-hydrogen) atoms. The van der Waals surface area contributed by atoms with E-state index < -0.39 is 0 Å². The first-order chi connectivity index (χ1) is 12.9. The van der Waals surface area contributed by atoms with Gasteiger partial charge in [-0.15, -0.1) is 0 Å². The second kappa shape index (κ2) is 8.08. The fourth-order valence-electron chi connectivity index (χ4n) is 2.84. The predicted octanol–water partition coefficient (Wildman–Crippen LogP) is 4.25. The first kappa shape index (κ1) is 18.7. The Bertz CT molecular complexity index is 895. The molecule has 3 rings (SSSR count). The maximum absolute atomic E-state index is 12.2. The van der Waals surface area contributed by atoms with Gasteiger partial charge in [-0.2, -0.15) is 5.10 Å². The quantitative estimate of drug-likeness (QED) is 0.712. The van der Waals surface area contributed by atoms with Crippen molar-refractivity contribution in [2.24, 2.45) is 0 Å². The summed E-state index contributed by atoms with van der Waals surface area (Å²) in [4.78, 5) is 12.2. The van der Waals surface area contributed by atoms with Crippen LogP contribution in [0.5, 0.6) is 5.75 Å². The summed E-state index contributed by atoms with van der Waals surface area (Å²) < 4.78 is 7.55. The molecule has 0 atom stereocenters. The number of amides is 1. The van der Waals surface area contributed by atoms with Crippen LogP contribution >= 0.6 is 0 Å². The number of hydrogen-bond acceptors (Lipinski definition) is 3. The van der Waals surface area contributed by atoms with E-state index >= 15 is 0 Å². The molecule has 0 bridgehead atoms. The lowest BCUT2D eigenvalue weighted by molar-refractivity contribution is -0.118. The highest BCUT2D eigenvalue weighted by Crippen LogP contribution is 2.30. The van der Waals surface area contributed by atoms with Crippen molar-refractivity contribution in [1.29, 1.82) is 0 Å². The number of carbonyl (C=O) groups excluding carboxylic acids is 1. The van der Waals surface area contributed by atoms with Crippen LogP contribution in [-0.2, 0) is 16.8 Å². The van der Waals surface area contributed by atoms with Gasteiger partial charge in [-0.3, -0.25) is 9.48 Å². The summed E-state index contributed by atoms with van der Waals surface area (Å²) >= 11 is 0. The van der Waals surface area contributed by atoms with Gasteiger partial charge in [0.15, 0.2) is 6.61 Å². The second-order valence-corrected chi connectivity index (χ2v) is 7.50. The monoisotopic (exact) mass is 363 g/mol. The highest BCUT2D eigenvalue weighted by molar-refractivity contribution is 5.91. The van der Waals surface area contributed by atoms with Crippen molar-refractivity contribution in [2.75, 3.05) is 11.9 Å². The van der Waals surface area contributed by atoms with E-state index in [4.69, 9.17) is 4.74 Å². The maximum atomic E-state index is 12.2. The average Bonchev–Trinajstić information content (AvgIpc) is 3.07. The number of aromatic nitrogens is 2. The molecule has 1 aromatic heterocycles. The zero-order valence-corrected chi connectivity index (χ0v) is 16.0. The summed E-state index contributed by atoms with van der Waals surface area (Å²) in [5, 5.41) is 7.12. The lowest BCUT2D eigenvalue weighted by Gasteiger charge is -2.22. The molecule has 1 heterocycles. The molecule has 0 unspecified atom stereocenters. The molecule has 0 saturated carbocycles. The molecule has 5 nitrogen and oxygen atoms in total. The van der Waals surface area contributed by atoms with Crippen molar-refractivity contribution in [1.82, 2.24) is 9.78 Å². The normalized spacial score (nSPS) is 11.2. The molecule has 1 amide bonds. The molecule has 140 valence electrons. The zero-order chi connectivity index (χ0) is 19.3. The third kappa shape index (κ3) is 5.20. The van der Waals surface area contributed by atoms with E-state index in [-0.39, 0.29) is 17.9 Å². The van der Waals surface area contributed by atoms with Crippen LogP contribution in [0.15, 0.2) is 67.0 Å². The standard InChI is InChI=1S/C22H25N3O2/c1-22(2,3)19-11-7-8-12-20(19)27-16-21(26)24-18-13-23-25(15-18)14-17-9-5-4-6-10-17/h4-13,15H,14,16H2,1-3H3,(H,24,26). The summed E-state index contributed by atoms with van der Waals surface area (Å²) in [5.74, 6) is 0.526. The number of rotatable bonds is 6. The summed E-state index contributed by atoms with van der Waals surface area (Å²) in [6.07, 6.45) is 3.46. The Kier molecular flexibility index (Phi) is 5.60. The highest BCUT2D eigenvalue weighted by atomic mass is 16.5. The van der Waals surface area contributed by atoms with Gasteiger partial charge in [-0.05, 0) is 22.6 Å². The van der Waals surface area contributed by atoms with Crippen molar-refractivity contribution < 1.29 is 9.53 Å². The van der Waals surface area contributed by atoms with E-state index in [1.54, 1.807) is 10.9 Å². The lowest BCUT2D eigenvalue weighted by atomic mass is 9.86. The topological polar surface area (TPSA) is 56.1 Å². The van der Waals surface area contributed by atoms with E-state index in [1.807, 2.05) is 60.8 Å². The molecule has 0 aliphatic rings. The molecule has 0 aliphatic carbocycles. The number of nitrogens with zero attached hydrogens (tertiary/aromatic N) is 2. The van der Waals surface area contributed by atoms with Crippen molar-refractivity contribution >= 4 is 11.6 Å². The molecular weight excluding hydrogens is 338 g/mol. The summed E-state index contributed by atoms with van der Waals surface area (Å²) in [6.45, 7) is 6.98. The smallest absolute Gasteiger partial charge is 0.262 e. The van der Waals surface area contributed by atoms with E-state index in [1.165, 1.54) is 0 Å². The Hall–Kier alpha value is -3.08. The van der Waals surface area contributed by atoms with Gasteiger partial charge in [0, 0.05) is 6.20 Å². The minimum atomic E-state index is -0.210. The van der Waals surface area contributed by atoms with Crippen molar-refractivity contribution in [2.45, 2.75) is 32.7 Å². The molecule has 0 aliphatic heterocycles. The molecule has 2 aromatic carbocycles. The van der Waals surface area contributed by atoms with Gasteiger partial charge >= 0.3 is 0 Å².